The first-order chi connectivity index (χ1) is 17.8. The van der Waals surface area contributed by atoms with Gasteiger partial charge in [0.05, 0.1) is 11.8 Å². The maximum Gasteiger partial charge on any atom is 0.275 e. The van der Waals surface area contributed by atoms with E-state index in [1.165, 1.54) is 15.5 Å². The van der Waals surface area contributed by atoms with Crippen LogP contribution >= 0.6 is 0 Å². The number of hydrogen-bond acceptors (Lipinski definition) is 5. The highest BCUT2D eigenvalue weighted by Crippen LogP contribution is 2.31. The average molecular weight is 508 g/mol. The molecular formula is C29H34FN3O4. The summed E-state index contributed by atoms with van der Waals surface area (Å²) >= 11 is 0. The van der Waals surface area contributed by atoms with Gasteiger partial charge in [0, 0.05) is 19.0 Å². The summed E-state index contributed by atoms with van der Waals surface area (Å²) in [6.07, 6.45) is 1.77. The fourth-order valence-corrected chi connectivity index (χ4v) is 4.97. The Morgan fingerprint density at radius 1 is 1.14 bits per heavy atom. The molecule has 2 heterocycles. The van der Waals surface area contributed by atoms with E-state index in [-0.39, 0.29) is 42.4 Å². The summed E-state index contributed by atoms with van der Waals surface area (Å²) in [7, 11) is 0. The van der Waals surface area contributed by atoms with E-state index in [0.717, 1.165) is 11.1 Å². The van der Waals surface area contributed by atoms with Crippen molar-refractivity contribution in [3.05, 3.63) is 86.7 Å². The monoisotopic (exact) mass is 507 g/mol. The van der Waals surface area contributed by atoms with Crippen molar-refractivity contribution in [1.29, 1.82) is 0 Å². The van der Waals surface area contributed by atoms with Crippen LogP contribution < -0.4 is 5.56 Å². The fraction of sp³-hybridized carbons (Fsp3) is 0.414. The zero-order valence-corrected chi connectivity index (χ0v) is 21.8. The van der Waals surface area contributed by atoms with Crippen molar-refractivity contribution in [3.63, 3.8) is 0 Å². The molecule has 0 radical (unpaired) electrons. The topological polar surface area (TPSA) is 84.7 Å². The van der Waals surface area contributed by atoms with Crippen LogP contribution in [0.15, 0.2) is 47.3 Å². The predicted octanol–water partition coefficient (Wildman–Crippen LogP) is 4.76. The molecule has 0 saturated carbocycles. The Hall–Kier alpha value is -3.52. The fourth-order valence-electron chi connectivity index (χ4n) is 4.97. The molecule has 0 aliphatic carbocycles. The smallest absolute Gasteiger partial charge is 0.275 e. The van der Waals surface area contributed by atoms with Crippen LogP contribution in [-0.4, -0.2) is 44.7 Å². The molecule has 1 fully saturated rings. The van der Waals surface area contributed by atoms with Gasteiger partial charge < -0.3 is 14.7 Å². The lowest BCUT2D eigenvalue weighted by Crippen LogP contribution is -2.37. The molecule has 7 nitrogen and oxygen atoms in total. The van der Waals surface area contributed by atoms with Gasteiger partial charge in [-0.05, 0) is 55.9 Å². The largest absolute Gasteiger partial charge is 0.493 e. The minimum Gasteiger partial charge on any atom is -0.493 e. The number of aromatic nitrogens is 2. The number of likely N-dealkylation sites (tertiary alicyclic amines) is 1. The van der Waals surface area contributed by atoms with Gasteiger partial charge in [0.1, 0.15) is 18.2 Å². The van der Waals surface area contributed by atoms with Gasteiger partial charge in [0.2, 0.25) is 5.88 Å². The first-order valence-electron chi connectivity index (χ1n) is 12.9. The summed E-state index contributed by atoms with van der Waals surface area (Å²) in [5, 5.41) is 10.8. The third-order valence-corrected chi connectivity index (χ3v) is 6.90. The Kier molecular flexibility index (Phi) is 8.07. The summed E-state index contributed by atoms with van der Waals surface area (Å²) in [5.74, 6) is -1.49. The molecule has 1 saturated heterocycles. The van der Waals surface area contributed by atoms with E-state index in [4.69, 9.17) is 4.74 Å². The quantitative estimate of drug-likeness (QED) is 0.475. The molecule has 1 aliphatic heterocycles. The van der Waals surface area contributed by atoms with E-state index >= 15 is 0 Å². The molecule has 0 spiro atoms. The van der Waals surface area contributed by atoms with Crippen LogP contribution in [0, 0.1) is 5.82 Å². The van der Waals surface area contributed by atoms with Gasteiger partial charge >= 0.3 is 0 Å². The van der Waals surface area contributed by atoms with Crippen molar-refractivity contribution in [2.75, 3.05) is 13.1 Å². The number of amides is 1. The Labute approximate surface area is 216 Å². The lowest BCUT2D eigenvalue weighted by molar-refractivity contribution is 0.0592. The second-order valence-corrected chi connectivity index (χ2v) is 9.62. The van der Waals surface area contributed by atoms with E-state index in [1.54, 1.807) is 18.2 Å². The van der Waals surface area contributed by atoms with Crippen LogP contribution in [-0.2, 0) is 24.2 Å². The third-order valence-electron chi connectivity index (χ3n) is 6.90. The van der Waals surface area contributed by atoms with Gasteiger partial charge in [-0.25, -0.2) is 4.39 Å². The van der Waals surface area contributed by atoms with Crippen molar-refractivity contribution in [1.82, 2.24) is 14.5 Å². The Morgan fingerprint density at radius 3 is 2.43 bits per heavy atom. The van der Waals surface area contributed by atoms with Gasteiger partial charge in [0.15, 0.2) is 5.56 Å². The summed E-state index contributed by atoms with van der Waals surface area (Å²) in [6, 6.07) is 12.4. The van der Waals surface area contributed by atoms with E-state index in [1.807, 2.05) is 45.9 Å². The van der Waals surface area contributed by atoms with Crippen molar-refractivity contribution in [2.45, 2.75) is 65.6 Å². The number of benzene rings is 2. The lowest BCUT2D eigenvalue weighted by Gasteiger charge is -2.22. The van der Waals surface area contributed by atoms with Crippen LogP contribution in [0.1, 0.15) is 72.9 Å². The normalized spacial score (nSPS) is 15.5. The highest BCUT2D eigenvalue weighted by molar-refractivity contribution is 5.96. The van der Waals surface area contributed by atoms with Crippen molar-refractivity contribution < 1.29 is 19.0 Å². The molecule has 1 amide bonds. The molecule has 3 aromatic rings. The number of carbonyl (C=O) groups is 1. The molecular weight excluding hydrogens is 473 g/mol. The minimum absolute atomic E-state index is 0.00475. The predicted molar refractivity (Wildman–Crippen MR) is 140 cm³/mol. The SMILES string of the molecule is CCc1cccc(CC)c1-n1c(COC(C)C)nc(O)c(C(=O)N2CCC(c3ccccc3F)C2)c1=O. The number of hydrogen-bond donors (Lipinski definition) is 1. The molecule has 2 aromatic carbocycles. The Morgan fingerprint density at radius 2 is 1.81 bits per heavy atom. The van der Waals surface area contributed by atoms with Gasteiger partial charge in [0.25, 0.3) is 11.5 Å². The molecule has 1 aromatic heterocycles. The molecule has 4 rings (SSSR count). The molecule has 1 aliphatic rings. The minimum atomic E-state index is -0.634. The summed E-state index contributed by atoms with van der Waals surface area (Å²) < 4.78 is 21.5. The van der Waals surface area contributed by atoms with Crippen molar-refractivity contribution >= 4 is 5.91 Å². The van der Waals surface area contributed by atoms with Crippen molar-refractivity contribution in [2.24, 2.45) is 0 Å². The number of ether oxygens (including phenoxy) is 1. The number of nitrogens with zero attached hydrogens (tertiary/aromatic N) is 3. The molecule has 37 heavy (non-hydrogen) atoms. The maximum atomic E-state index is 14.4. The number of aromatic hydroxyl groups is 1. The highest BCUT2D eigenvalue weighted by atomic mass is 19.1. The molecule has 0 bridgehead atoms. The number of carbonyl (C=O) groups excluding carboxylic acids is 1. The van der Waals surface area contributed by atoms with Crippen LogP contribution in [0.25, 0.3) is 5.69 Å². The molecule has 1 unspecified atom stereocenters. The second-order valence-electron chi connectivity index (χ2n) is 9.62. The Bertz CT molecular complexity index is 1330. The highest BCUT2D eigenvalue weighted by Gasteiger charge is 2.34. The molecule has 1 N–H and O–H groups in total. The number of para-hydroxylation sites is 1. The molecule has 1 atom stereocenters. The van der Waals surface area contributed by atoms with Crippen molar-refractivity contribution in [3.8, 4) is 11.6 Å². The van der Waals surface area contributed by atoms with Gasteiger partial charge in [-0.2, -0.15) is 4.98 Å². The first kappa shape index (κ1) is 26.5. The third kappa shape index (κ3) is 5.30. The lowest BCUT2D eigenvalue weighted by atomic mass is 9.98. The second kappa shape index (κ2) is 11.3. The van der Waals surface area contributed by atoms with E-state index in [9.17, 15) is 19.1 Å². The summed E-state index contributed by atoms with van der Waals surface area (Å²) in [4.78, 5) is 33.4. The average Bonchev–Trinajstić information content (AvgIpc) is 3.37. The van der Waals surface area contributed by atoms with Crippen LogP contribution in [0.2, 0.25) is 0 Å². The number of rotatable bonds is 8. The number of halogens is 1. The van der Waals surface area contributed by atoms with Gasteiger partial charge in [-0.15, -0.1) is 0 Å². The van der Waals surface area contributed by atoms with Crippen LogP contribution in [0.4, 0.5) is 4.39 Å². The van der Waals surface area contributed by atoms with E-state index in [0.29, 0.717) is 37.1 Å². The van der Waals surface area contributed by atoms with E-state index in [2.05, 4.69) is 4.98 Å². The van der Waals surface area contributed by atoms with E-state index < -0.39 is 17.3 Å². The summed E-state index contributed by atoms with van der Waals surface area (Å²) in [6.45, 7) is 8.34. The van der Waals surface area contributed by atoms with Gasteiger partial charge in [-0.3, -0.25) is 14.2 Å². The molecule has 196 valence electrons. The zero-order chi connectivity index (χ0) is 26.7. The van der Waals surface area contributed by atoms with Crippen LogP contribution in [0.3, 0.4) is 0 Å². The number of aryl methyl sites for hydroxylation is 2. The molecule has 8 heteroatoms. The first-order valence-corrected chi connectivity index (χ1v) is 12.9. The van der Waals surface area contributed by atoms with Gasteiger partial charge in [-0.1, -0.05) is 50.2 Å². The summed E-state index contributed by atoms with van der Waals surface area (Å²) in [5.41, 5.74) is 2.06. The zero-order valence-electron chi connectivity index (χ0n) is 21.8. The maximum absolute atomic E-state index is 14.4. The van der Waals surface area contributed by atoms with Crippen LogP contribution in [0.5, 0.6) is 5.88 Å². The Balaban J connectivity index is 1.80. The standard InChI is InChI=1S/C29H34FN3O4/c1-5-19-10-9-11-20(6-2)26(19)33-24(17-37-18(3)4)31-27(34)25(29(33)36)28(35)32-15-14-21(16-32)22-12-7-8-13-23(22)30/h7-13,18,21,34H,5-6,14-17H2,1-4H3.